The van der Waals surface area contributed by atoms with Crippen LogP contribution in [0, 0.1) is 12.8 Å². The number of carbonyl (C=O) groups is 2. The van der Waals surface area contributed by atoms with Crippen molar-refractivity contribution in [2.75, 3.05) is 13.1 Å². The van der Waals surface area contributed by atoms with Crippen LogP contribution in [0.15, 0.2) is 29.8 Å². The number of likely N-dealkylation sites (tertiary alicyclic amines) is 1. The molecule has 1 unspecified atom stereocenters. The molecule has 1 aliphatic rings. The van der Waals surface area contributed by atoms with E-state index in [1.165, 1.54) is 10.4 Å². The average molecular weight is 464 g/mol. The van der Waals surface area contributed by atoms with Gasteiger partial charge in [0.15, 0.2) is 0 Å². The number of aliphatic hydroxyl groups is 1. The predicted molar refractivity (Wildman–Crippen MR) is 135 cm³/mol. The summed E-state index contributed by atoms with van der Waals surface area (Å²) in [5, 5.41) is 11.7. The smallest absolute Gasteiger partial charge is 0.222 e. The highest BCUT2D eigenvalue weighted by atomic mass is 32.1. The zero-order valence-corrected chi connectivity index (χ0v) is 21.5. The summed E-state index contributed by atoms with van der Waals surface area (Å²) in [6.07, 6.45) is 1.72. The van der Waals surface area contributed by atoms with Gasteiger partial charge in [0.05, 0.1) is 22.2 Å². The Kier molecular flexibility index (Phi) is 16.1. The van der Waals surface area contributed by atoms with E-state index in [2.05, 4.69) is 43.2 Å². The Morgan fingerprint density at radius 1 is 1.28 bits per heavy atom. The summed E-state index contributed by atoms with van der Waals surface area (Å²) in [7, 11) is 0. The van der Waals surface area contributed by atoms with Crippen molar-refractivity contribution in [3.63, 3.8) is 0 Å². The normalized spacial score (nSPS) is 14.3. The van der Waals surface area contributed by atoms with Gasteiger partial charge in [0, 0.05) is 26.1 Å². The molecule has 2 amide bonds. The molecule has 2 N–H and O–H groups in total. The fraction of sp³-hybridized carbons (Fsp3) is 0.560. The van der Waals surface area contributed by atoms with Crippen molar-refractivity contribution in [1.82, 2.24) is 15.2 Å². The highest BCUT2D eigenvalue weighted by Gasteiger charge is 2.22. The van der Waals surface area contributed by atoms with Crippen molar-refractivity contribution in [3.8, 4) is 10.4 Å². The molecule has 2 heterocycles. The maximum atomic E-state index is 11.0. The summed E-state index contributed by atoms with van der Waals surface area (Å²) in [5.74, 6) is 0.983. The number of benzene rings is 1. The first-order valence-electron chi connectivity index (χ1n) is 11.4. The molecule has 1 fully saturated rings. The van der Waals surface area contributed by atoms with Gasteiger partial charge in [-0.1, -0.05) is 65.8 Å². The summed E-state index contributed by atoms with van der Waals surface area (Å²) >= 11 is 1.64. The molecule has 7 heteroatoms. The fourth-order valence-electron chi connectivity index (χ4n) is 2.70. The van der Waals surface area contributed by atoms with E-state index in [1.54, 1.807) is 16.2 Å². The number of hydrogen-bond acceptors (Lipinski definition) is 5. The van der Waals surface area contributed by atoms with Crippen LogP contribution in [0.4, 0.5) is 0 Å². The summed E-state index contributed by atoms with van der Waals surface area (Å²) in [4.78, 5) is 28.3. The summed E-state index contributed by atoms with van der Waals surface area (Å²) < 4.78 is 0. The first kappa shape index (κ1) is 29.8. The molecule has 0 aliphatic carbocycles. The number of β-amino-alcohol motifs (C(OH)–C–C–N with tert-alkyl or cyclic N) is 1. The van der Waals surface area contributed by atoms with Gasteiger partial charge in [-0.2, -0.15) is 0 Å². The van der Waals surface area contributed by atoms with Crippen molar-refractivity contribution in [2.45, 2.75) is 74.0 Å². The van der Waals surface area contributed by atoms with Crippen LogP contribution >= 0.6 is 11.3 Å². The zero-order valence-electron chi connectivity index (χ0n) is 20.7. The lowest BCUT2D eigenvalue weighted by Gasteiger charge is -2.13. The van der Waals surface area contributed by atoms with Gasteiger partial charge in [-0.15, -0.1) is 11.3 Å². The highest BCUT2D eigenvalue weighted by molar-refractivity contribution is 7.13. The van der Waals surface area contributed by atoms with Crippen LogP contribution in [-0.2, 0) is 16.1 Å². The van der Waals surface area contributed by atoms with E-state index in [4.69, 9.17) is 5.11 Å². The molecule has 1 aliphatic heterocycles. The second-order valence-electron chi connectivity index (χ2n) is 7.83. The second kappa shape index (κ2) is 17.3. The molecule has 1 atom stereocenters. The molecule has 1 aromatic heterocycles. The van der Waals surface area contributed by atoms with Crippen LogP contribution in [-0.4, -0.2) is 46.5 Å². The maximum absolute atomic E-state index is 11.0. The van der Waals surface area contributed by atoms with Crippen molar-refractivity contribution in [3.05, 3.63) is 41.0 Å². The van der Waals surface area contributed by atoms with E-state index in [0.29, 0.717) is 25.9 Å². The number of carbonyl (C=O) groups excluding carboxylic acids is 2. The number of nitrogens with one attached hydrogen (secondary N) is 1. The topological polar surface area (TPSA) is 82.5 Å². The van der Waals surface area contributed by atoms with Crippen LogP contribution in [0.1, 0.15) is 65.6 Å². The highest BCUT2D eigenvalue weighted by Crippen LogP contribution is 2.27. The molecule has 3 rings (SSSR count). The largest absolute Gasteiger partial charge is 0.391 e. The summed E-state index contributed by atoms with van der Waals surface area (Å²) in [6, 6.07) is 8.15. The molecule has 0 saturated carbocycles. The third-order valence-electron chi connectivity index (χ3n) is 4.17. The van der Waals surface area contributed by atoms with Crippen LogP contribution in [0.2, 0.25) is 0 Å². The lowest BCUT2D eigenvalue weighted by Crippen LogP contribution is -2.28. The Bertz CT molecular complexity index is 757. The van der Waals surface area contributed by atoms with E-state index in [9.17, 15) is 9.59 Å². The monoisotopic (exact) mass is 463 g/mol. The number of aryl methyl sites for hydroxylation is 1. The minimum absolute atomic E-state index is 0.150. The number of aliphatic hydroxyl groups excluding tert-OH is 1. The van der Waals surface area contributed by atoms with Crippen molar-refractivity contribution in [2.24, 2.45) is 5.92 Å². The number of nitrogens with zero attached hydrogens (tertiary/aromatic N) is 2. The van der Waals surface area contributed by atoms with Gasteiger partial charge >= 0.3 is 0 Å². The summed E-state index contributed by atoms with van der Waals surface area (Å²) in [6.45, 7) is 16.2. The minimum atomic E-state index is -0.282. The molecule has 6 nitrogen and oxygen atoms in total. The minimum Gasteiger partial charge on any atom is -0.391 e. The van der Waals surface area contributed by atoms with E-state index in [0.717, 1.165) is 30.1 Å². The van der Waals surface area contributed by atoms with E-state index in [-0.39, 0.29) is 12.0 Å². The Labute approximate surface area is 198 Å². The third-order valence-corrected chi connectivity index (χ3v) is 5.15. The van der Waals surface area contributed by atoms with Crippen LogP contribution in [0.3, 0.4) is 0 Å². The van der Waals surface area contributed by atoms with Gasteiger partial charge in [0.25, 0.3) is 0 Å². The van der Waals surface area contributed by atoms with Gasteiger partial charge in [0.1, 0.15) is 0 Å². The quantitative estimate of drug-likeness (QED) is 0.609. The first-order valence-corrected chi connectivity index (χ1v) is 12.3. The molecule has 1 saturated heterocycles. The Morgan fingerprint density at radius 2 is 1.88 bits per heavy atom. The Hall–Kier alpha value is -2.25. The molecule has 0 bridgehead atoms. The number of amides is 2. The lowest BCUT2D eigenvalue weighted by atomic mass is 10.1. The standard InChI is InChI=1S/C12H12N2OS.C7H13NO2.C4H10.C2H6/c1-9-12(16-8-14-9)11-4-2-10(3-5-11)6-13-7-15;1-2-7(10)8-4-3-6(9)5-8;1-4(2)3;1-2/h2-5,7-8H,6H2,1H3,(H,13,15);6,9H,2-5H2,1H3;4H,1-3H3;1-2H3. The van der Waals surface area contributed by atoms with Crippen LogP contribution in [0.25, 0.3) is 10.4 Å². The van der Waals surface area contributed by atoms with E-state index >= 15 is 0 Å². The number of thiazole rings is 1. The molecular weight excluding hydrogens is 422 g/mol. The second-order valence-corrected chi connectivity index (χ2v) is 8.69. The van der Waals surface area contributed by atoms with Gasteiger partial charge < -0.3 is 15.3 Å². The molecule has 0 radical (unpaired) electrons. The molecule has 180 valence electrons. The number of hydrogen-bond donors (Lipinski definition) is 2. The van der Waals surface area contributed by atoms with Gasteiger partial charge in [0.2, 0.25) is 12.3 Å². The summed E-state index contributed by atoms with van der Waals surface area (Å²) in [5.41, 5.74) is 5.18. The predicted octanol–water partition coefficient (Wildman–Crippen LogP) is 5.04. The molecular formula is C25H41N3O3S. The first-order chi connectivity index (χ1) is 15.3. The lowest BCUT2D eigenvalue weighted by molar-refractivity contribution is -0.130. The molecule has 1 aromatic carbocycles. The van der Waals surface area contributed by atoms with Crippen molar-refractivity contribution >= 4 is 23.7 Å². The number of aromatic nitrogens is 1. The van der Waals surface area contributed by atoms with E-state index in [1.807, 2.05) is 45.3 Å². The molecule has 32 heavy (non-hydrogen) atoms. The molecule has 0 spiro atoms. The maximum Gasteiger partial charge on any atom is 0.222 e. The average Bonchev–Trinajstić information content (AvgIpc) is 3.42. The number of rotatable bonds is 5. The Morgan fingerprint density at radius 3 is 2.28 bits per heavy atom. The Balaban J connectivity index is 0.000000514. The zero-order chi connectivity index (χ0) is 24.5. The van der Waals surface area contributed by atoms with Gasteiger partial charge in [-0.05, 0) is 30.4 Å². The van der Waals surface area contributed by atoms with Crippen LogP contribution in [0.5, 0.6) is 0 Å². The fourth-order valence-corrected chi connectivity index (χ4v) is 3.52. The SMILES string of the molecule is CC.CC(C)C.CCC(=O)N1CCC(O)C1.Cc1ncsc1-c1ccc(CNC=O)cc1. The van der Waals surface area contributed by atoms with E-state index < -0.39 is 0 Å². The van der Waals surface area contributed by atoms with Crippen LogP contribution < -0.4 is 5.32 Å². The van der Waals surface area contributed by atoms with Gasteiger partial charge in [-0.3, -0.25) is 9.59 Å². The van der Waals surface area contributed by atoms with Crippen molar-refractivity contribution < 1.29 is 14.7 Å². The van der Waals surface area contributed by atoms with Gasteiger partial charge in [-0.25, -0.2) is 4.98 Å². The molecule has 2 aromatic rings. The third kappa shape index (κ3) is 12.0. The van der Waals surface area contributed by atoms with Crippen molar-refractivity contribution in [1.29, 1.82) is 0 Å².